The highest BCUT2D eigenvalue weighted by atomic mass is 32.2. The Morgan fingerprint density at radius 1 is 1.38 bits per heavy atom. The van der Waals surface area contributed by atoms with E-state index in [0.29, 0.717) is 5.56 Å². The van der Waals surface area contributed by atoms with Gasteiger partial charge in [0.05, 0.1) is 11.1 Å². The zero-order valence-corrected chi connectivity index (χ0v) is 12.6. The van der Waals surface area contributed by atoms with Gasteiger partial charge in [0.1, 0.15) is 5.82 Å². The van der Waals surface area contributed by atoms with Crippen LogP contribution < -0.4 is 10.5 Å². The van der Waals surface area contributed by atoms with E-state index in [4.69, 9.17) is 5.73 Å². The molecule has 8 heteroatoms. The summed E-state index contributed by atoms with van der Waals surface area (Å²) in [6, 6.07) is 3.53. The number of nitrogens with zero attached hydrogens (tertiary/aromatic N) is 2. The highest BCUT2D eigenvalue weighted by Gasteiger charge is 2.19. The third kappa shape index (κ3) is 3.29. The summed E-state index contributed by atoms with van der Waals surface area (Å²) in [6.45, 7) is 1.94. The van der Waals surface area contributed by atoms with Crippen LogP contribution in [0.4, 0.5) is 4.39 Å². The van der Waals surface area contributed by atoms with Crippen LogP contribution in [0, 0.1) is 12.7 Å². The normalized spacial score (nSPS) is 11.8. The minimum atomic E-state index is -3.84. The third-order valence-electron chi connectivity index (χ3n) is 3.33. The Morgan fingerprint density at radius 2 is 2.10 bits per heavy atom. The van der Waals surface area contributed by atoms with Gasteiger partial charge in [-0.15, -0.1) is 0 Å². The van der Waals surface area contributed by atoms with Gasteiger partial charge in [-0.05, 0) is 24.6 Å². The summed E-state index contributed by atoms with van der Waals surface area (Å²) in [5.74, 6) is -0.620. The maximum atomic E-state index is 13.3. The quantitative estimate of drug-likeness (QED) is 0.854. The molecule has 0 aliphatic carbocycles. The molecule has 0 aliphatic rings. The molecule has 21 heavy (non-hydrogen) atoms. The topological polar surface area (TPSA) is 90.0 Å². The number of halogens is 1. The summed E-state index contributed by atoms with van der Waals surface area (Å²) in [4.78, 5) is -0.133. The molecule has 0 fully saturated rings. The molecule has 0 aliphatic heterocycles. The lowest BCUT2D eigenvalue weighted by atomic mass is 10.2. The number of nitrogens with one attached hydrogen (secondary N) is 1. The molecule has 0 unspecified atom stereocenters. The highest BCUT2D eigenvalue weighted by Crippen LogP contribution is 2.17. The number of benzene rings is 1. The molecule has 0 bridgehead atoms. The summed E-state index contributed by atoms with van der Waals surface area (Å²) in [6.07, 6.45) is 1.59. The van der Waals surface area contributed by atoms with Crippen LogP contribution >= 0.6 is 0 Å². The molecule has 0 atom stereocenters. The fourth-order valence-electron chi connectivity index (χ4n) is 1.92. The minimum Gasteiger partial charge on any atom is -0.326 e. The molecule has 6 nitrogen and oxygen atoms in total. The van der Waals surface area contributed by atoms with Crippen molar-refractivity contribution in [1.29, 1.82) is 0 Å². The molecule has 1 aromatic heterocycles. The van der Waals surface area contributed by atoms with Crippen LogP contribution in [0.1, 0.15) is 16.8 Å². The Balaban J connectivity index is 2.27. The molecule has 1 heterocycles. The predicted molar refractivity (Wildman–Crippen MR) is 76.3 cm³/mol. The van der Waals surface area contributed by atoms with E-state index in [1.165, 1.54) is 12.1 Å². The van der Waals surface area contributed by atoms with Gasteiger partial charge in [-0.25, -0.2) is 17.5 Å². The van der Waals surface area contributed by atoms with Crippen LogP contribution in [0.2, 0.25) is 0 Å². The maximum Gasteiger partial charge on any atom is 0.241 e. The second kappa shape index (κ2) is 5.92. The molecule has 0 saturated heterocycles. The Labute approximate surface area is 122 Å². The first kappa shape index (κ1) is 15.6. The van der Waals surface area contributed by atoms with Gasteiger partial charge in [-0.1, -0.05) is 6.07 Å². The molecular formula is C13H17FN4O2S. The van der Waals surface area contributed by atoms with Crippen molar-refractivity contribution < 1.29 is 12.8 Å². The molecule has 3 N–H and O–H groups in total. The lowest BCUT2D eigenvalue weighted by Gasteiger charge is -2.10. The van der Waals surface area contributed by atoms with Gasteiger partial charge in [0.15, 0.2) is 0 Å². The average molecular weight is 312 g/mol. The largest absolute Gasteiger partial charge is 0.326 e. The monoisotopic (exact) mass is 312 g/mol. The van der Waals surface area contributed by atoms with E-state index < -0.39 is 15.8 Å². The number of nitrogens with two attached hydrogens (primary N) is 1. The second-order valence-electron chi connectivity index (χ2n) is 4.66. The van der Waals surface area contributed by atoms with Gasteiger partial charge >= 0.3 is 0 Å². The molecule has 0 radical (unpaired) electrons. The van der Waals surface area contributed by atoms with Crippen molar-refractivity contribution in [2.45, 2.75) is 24.9 Å². The van der Waals surface area contributed by atoms with E-state index in [-0.39, 0.29) is 18.0 Å². The minimum absolute atomic E-state index is 0.0163. The van der Waals surface area contributed by atoms with Crippen molar-refractivity contribution in [3.05, 3.63) is 47.0 Å². The van der Waals surface area contributed by atoms with E-state index in [1.807, 2.05) is 6.92 Å². The van der Waals surface area contributed by atoms with Crippen molar-refractivity contribution >= 4 is 10.0 Å². The maximum absolute atomic E-state index is 13.3. The van der Waals surface area contributed by atoms with E-state index >= 15 is 0 Å². The highest BCUT2D eigenvalue weighted by molar-refractivity contribution is 7.89. The van der Waals surface area contributed by atoms with Crippen LogP contribution in [-0.2, 0) is 30.2 Å². The van der Waals surface area contributed by atoms with Gasteiger partial charge in [-0.2, -0.15) is 5.10 Å². The summed E-state index contributed by atoms with van der Waals surface area (Å²) >= 11 is 0. The summed E-state index contributed by atoms with van der Waals surface area (Å²) in [5, 5.41) is 4.04. The van der Waals surface area contributed by atoms with Crippen molar-refractivity contribution in [2.24, 2.45) is 12.8 Å². The summed E-state index contributed by atoms with van der Waals surface area (Å²) in [5.41, 5.74) is 7.49. The van der Waals surface area contributed by atoms with Crippen LogP contribution in [0.5, 0.6) is 0 Å². The second-order valence-corrected chi connectivity index (χ2v) is 6.39. The molecule has 0 amide bonds. The van der Waals surface area contributed by atoms with Crippen LogP contribution in [0.25, 0.3) is 0 Å². The van der Waals surface area contributed by atoms with Crippen molar-refractivity contribution in [3.63, 3.8) is 0 Å². The molecule has 0 spiro atoms. The van der Waals surface area contributed by atoms with E-state index in [9.17, 15) is 12.8 Å². The number of hydrogen-bond acceptors (Lipinski definition) is 4. The van der Waals surface area contributed by atoms with Crippen molar-refractivity contribution in [3.8, 4) is 0 Å². The molecule has 114 valence electrons. The van der Waals surface area contributed by atoms with Crippen molar-refractivity contribution in [2.75, 3.05) is 0 Å². The summed E-state index contributed by atoms with van der Waals surface area (Å²) in [7, 11) is -2.07. The molecular weight excluding hydrogens is 295 g/mol. The average Bonchev–Trinajstić information content (AvgIpc) is 2.77. The third-order valence-corrected chi connectivity index (χ3v) is 4.81. The van der Waals surface area contributed by atoms with E-state index in [2.05, 4.69) is 9.82 Å². The SMILES string of the molecule is Cc1c(CNS(=O)(=O)c2cc(F)ccc2CN)cnn1C. The zero-order valence-electron chi connectivity index (χ0n) is 11.8. The number of sulfonamides is 1. The number of aryl methyl sites for hydroxylation is 1. The van der Waals surface area contributed by atoms with E-state index in [1.54, 1.807) is 17.9 Å². The predicted octanol–water partition coefficient (Wildman–Crippen LogP) is 0.805. The molecule has 1 aromatic carbocycles. The smallest absolute Gasteiger partial charge is 0.241 e. The molecule has 2 aromatic rings. The lowest BCUT2D eigenvalue weighted by Crippen LogP contribution is -2.25. The number of aromatic nitrogens is 2. The standard InChI is InChI=1S/C13H17FN4O2S/c1-9-11(7-16-18(9)2)8-17-21(19,20)13-5-12(14)4-3-10(13)6-15/h3-5,7,17H,6,8,15H2,1-2H3. The fourth-order valence-corrected chi connectivity index (χ4v) is 3.18. The van der Waals surface area contributed by atoms with Gasteiger partial charge < -0.3 is 5.73 Å². The van der Waals surface area contributed by atoms with Crippen LogP contribution in [0.3, 0.4) is 0 Å². The van der Waals surface area contributed by atoms with Gasteiger partial charge in [0.25, 0.3) is 0 Å². The Kier molecular flexibility index (Phi) is 4.40. The Bertz CT molecular complexity index is 756. The zero-order chi connectivity index (χ0) is 15.6. The summed E-state index contributed by atoms with van der Waals surface area (Å²) < 4.78 is 42.0. The fraction of sp³-hybridized carbons (Fsp3) is 0.308. The van der Waals surface area contributed by atoms with Crippen LogP contribution in [0.15, 0.2) is 29.3 Å². The molecule has 0 saturated carbocycles. The van der Waals surface area contributed by atoms with E-state index in [0.717, 1.165) is 17.3 Å². The first-order valence-electron chi connectivity index (χ1n) is 6.31. The van der Waals surface area contributed by atoms with Gasteiger partial charge in [0, 0.05) is 31.4 Å². The van der Waals surface area contributed by atoms with Crippen molar-refractivity contribution in [1.82, 2.24) is 14.5 Å². The lowest BCUT2D eigenvalue weighted by molar-refractivity contribution is 0.575. The Hall–Kier alpha value is -1.77. The van der Waals surface area contributed by atoms with Gasteiger partial charge in [0.2, 0.25) is 10.0 Å². The number of hydrogen-bond donors (Lipinski definition) is 2. The van der Waals surface area contributed by atoms with Crippen LogP contribution in [-0.4, -0.2) is 18.2 Å². The number of rotatable bonds is 5. The van der Waals surface area contributed by atoms with Gasteiger partial charge in [-0.3, -0.25) is 4.68 Å². The first-order valence-corrected chi connectivity index (χ1v) is 7.79. The molecule has 2 rings (SSSR count). The first-order chi connectivity index (χ1) is 9.85. The Morgan fingerprint density at radius 3 is 2.67 bits per heavy atom.